The lowest BCUT2D eigenvalue weighted by Gasteiger charge is -2.10. The van der Waals surface area contributed by atoms with E-state index in [0.717, 1.165) is 0 Å². The molecular weight excluding hydrogens is 364 g/mol. The number of hydrogen-bond donors (Lipinski definition) is 3. The number of benzene rings is 2. The van der Waals surface area contributed by atoms with Crippen LogP contribution in [0.1, 0.15) is 19.4 Å². The first-order valence-corrected chi connectivity index (χ1v) is 8.17. The van der Waals surface area contributed by atoms with Gasteiger partial charge in [0.25, 0.3) is 11.6 Å². The molecule has 0 aliphatic carbocycles. The van der Waals surface area contributed by atoms with Crippen molar-refractivity contribution >= 4 is 40.9 Å². The number of anilines is 2. The van der Waals surface area contributed by atoms with Gasteiger partial charge in [-0.3, -0.25) is 24.5 Å². The maximum absolute atomic E-state index is 12.5. The number of amides is 3. The van der Waals surface area contributed by atoms with Crippen LogP contribution in [0.5, 0.6) is 0 Å². The van der Waals surface area contributed by atoms with E-state index in [1.165, 1.54) is 38.1 Å². The third-order valence-corrected chi connectivity index (χ3v) is 3.41. The van der Waals surface area contributed by atoms with Crippen molar-refractivity contribution in [2.45, 2.75) is 13.8 Å². The molecule has 2 aromatic rings. The lowest BCUT2D eigenvalue weighted by atomic mass is 10.1. The Kier molecular flexibility index (Phi) is 6.58. The summed E-state index contributed by atoms with van der Waals surface area (Å²) in [5, 5.41) is 18.5. The summed E-state index contributed by atoms with van der Waals surface area (Å²) in [7, 11) is 0. The highest BCUT2D eigenvalue weighted by Gasteiger charge is 2.13. The molecular formula is C19H18N4O5. The summed E-state index contributed by atoms with van der Waals surface area (Å²) < 4.78 is 0. The van der Waals surface area contributed by atoms with Crippen molar-refractivity contribution in [3.05, 3.63) is 69.9 Å². The molecule has 0 bridgehead atoms. The van der Waals surface area contributed by atoms with Crippen molar-refractivity contribution in [3.63, 3.8) is 0 Å². The third-order valence-electron chi connectivity index (χ3n) is 3.41. The second kappa shape index (κ2) is 9.08. The van der Waals surface area contributed by atoms with Crippen LogP contribution >= 0.6 is 0 Å². The standard InChI is InChI=1S/C19H18N4O5/c1-12(24)20-15-6-8-16(9-7-15)22-19(26)18(21-13(2)25)11-14-4-3-5-17(10-14)23(27)28/h3-11H,1-2H3,(H,20,24)(H,21,25)(H,22,26). The number of carbonyl (C=O) groups is 3. The number of nitrogens with one attached hydrogen (secondary N) is 3. The first-order chi connectivity index (χ1) is 13.2. The molecule has 0 heterocycles. The first-order valence-electron chi connectivity index (χ1n) is 8.17. The fourth-order valence-electron chi connectivity index (χ4n) is 2.28. The summed E-state index contributed by atoms with van der Waals surface area (Å²) >= 11 is 0. The van der Waals surface area contributed by atoms with E-state index < -0.39 is 16.7 Å². The van der Waals surface area contributed by atoms with E-state index in [-0.39, 0.29) is 17.3 Å². The average Bonchev–Trinajstić information content (AvgIpc) is 2.62. The Morgan fingerprint density at radius 2 is 1.54 bits per heavy atom. The predicted octanol–water partition coefficient (Wildman–Crippen LogP) is 2.67. The molecule has 9 heteroatoms. The minimum absolute atomic E-state index is 0.0704. The van der Waals surface area contributed by atoms with Crippen molar-refractivity contribution in [2.24, 2.45) is 0 Å². The second-order valence-corrected chi connectivity index (χ2v) is 5.80. The summed E-state index contributed by atoms with van der Waals surface area (Å²) in [6.07, 6.45) is 1.34. The van der Waals surface area contributed by atoms with Crippen LogP contribution in [0.15, 0.2) is 54.2 Å². The van der Waals surface area contributed by atoms with Gasteiger partial charge in [-0.05, 0) is 35.9 Å². The molecule has 144 valence electrons. The molecule has 0 saturated carbocycles. The summed E-state index contributed by atoms with van der Waals surface area (Å²) in [5.74, 6) is -1.29. The third kappa shape index (κ3) is 6.06. The molecule has 28 heavy (non-hydrogen) atoms. The van der Waals surface area contributed by atoms with Crippen LogP contribution in [0.3, 0.4) is 0 Å². The number of hydrogen-bond acceptors (Lipinski definition) is 5. The van der Waals surface area contributed by atoms with Gasteiger partial charge in [-0.15, -0.1) is 0 Å². The van der Waals surface area contributed by atoms with E-state index in [1.54, 1.807) is 30.3 Å². The summed E-state index contributed by atoms with van der Waals surface area (Å²) in [5.41, 5.74) is 1.19. The summed E-state index contributed by atoms with van der Waals surface area (Å²) in [4.78, 5) is 45.4. The Morgan fingerprint density at radius 1 is 0.929 bits per heavy atom. The van der Waals surface area contributed by atoms with Crippen molar-refractivity contribution in [2.75, 3.05) is 10.6 Å². The van der Waals surface area contributed by atoms with Crippen LogP contribution in [-0.4, -0.2) is 22.6 Å². The van der Waals surface area contributed by atoms with Crippen LogP contribution < -0.4 is 16.0 Å². The van der Waals surface area contributed by atoms with Crippen LogP contribution in [-0.2, 0) is 14.4 Å². The SMILES string of the molecule is CC(=O)NC(=Cc1cccc([N+](=O)[O-])c1)C(=O)Nc1ccc(NC(C)=O)cc1. The summed E-state index contributed by atoms with van der Waals surface area (Å²) in [6, 6.07) is 12.1. The van der Waals surface area contributed by atoms with E-state index in [4.69, 9.17) is 0 Å². The molecule has 0 spiro atoms. The molecule has 0 atom stereocenters. The number of rotatable bonds is 6. The number of nitro groups is 1. The van der Waals surface area contributed by atoms with Crippen molar-refractivity contribution in [3.8, 4) is 0 Å². The minimum Gasteiger partial charge on any atom is -0.326 e. The van der Waals surface area contributed by atoms with E-state index in [9.17, 15) is 24.5 Å². The predicted molar refractivity (Wildman–Crippen MR) is 104 cm³/mol. The second-order valence-electron chi connectivity index (χ2n) is 5.80. The lowest BCUT2D eigenvalue weighted by Crippen LogP contribution is -2.28. The van der Waals surface area contributed by atoms with E-state index in [1.807, 2.05) is 0 Å². The monoisotopic (exact) mass is 382 g/mol. The fraction of sp³-hybridized carbons (Fsp3) is 0.105. The quantitative estimate of drug-likeness (QED) is 0.402. The van der Waals surface area contributed by atoms with Gasteiger partial charge in [0.2, 0.25) is 11.8 Å². The van der Waals surface area contributed by atoms with Gasteiger partial charge >= 0.3 is 0 Å². The Labute approximate surface area is 160 Å². The Balaban J connectivity index is 2.23. The highest BCUT2D eigenvalue weighted by molar-refractivity contribution is 6.08. The number of non-ortho nitro benzene ring substituents is 1. The molecule has 3 N–H and O–H groups in total. The van der Waals surface area contributed by atoms with Gasteiger partial charge < -0.3 is 16.0 Å². The zero-order valence-electron chi connectivity index (χ0n) is 15.2. The molecule has 2 rings (SSSR count). The zero-order chi connectivity index (χ0) is 20.7. The molecule has 0 unspecified atom stereocenters. The van der Waals surface area contributed by atoms with E-state index >= 15 is 0 Å². The Morgan fingerprint density at radius 3 is 2.07 bits per heavy atom. The minimum atomic E-state index is -0.603. The molecule has 2 aromatic carbocycles. The van der Waals surface area contributed by atoms with Crippen molar-refractivity contribution in [1.29, 1.82) is 0 Å². The molecule has 9 nitrogen and oxygen atoms in total. The van der Waals surface area contributed by atoms with E-state index in [0.29, 0.717) is 16.9 Å². The number of nitro benzene ring substituents is 1. The van der Waals surface area contributed by atoms with Crippen LogP contribution in [0, 0.1) is 10.1 Å². The normalized spacial score (nSPS) is 10.7. The van der Waals surface area contributed by atoms with Gasteiger partial charge in [-0.25, -0.2) is 0 Å². The van der Waals surface area contributed by atoms with Crippen molar-refractivity contribution in [1.82, 2.24) is 5.32 Å². The van der Waals surface area contributed by atoms with Gasteiger partial charge in [0.1, 0.15) is 5.70 Å². The fourth-order valence-corrected chi connectivity index (χ4v) is 2.28. The maximum Gasteiger partial charge on any atom is 0.272 e. The Hall–Kier alpha value is -4.01. The average molecular weight is 382 g/mol. The Bertz CT molecular complexity index is 951. The van der Waals surface area contributed by atoms with Crippen molar-refractivity contribution < 1.29 is 19.3 Å². The molecule has 0 fully saturated rings. The number of nitrogens with zero attached hydrogens (tertiary/aromatic N) is 1. The zero-order valence-corrected chi connectivity index (χ0v) is 15.2. The van der Waals surface area contributed by atoms with Gasteiger partial charge in [-0.2, -0.15) is 0 Å². The first kappa shape index (κ1) is 20.3. The molecule has 0 aliphatic rings. The highest BCUT2D eigenvalue weighted by atomic mass is 16.6. The molecule has 0 saturated heterocycles. The highest BCUT2D eigenvalue weighted by Crippen LogP contribution is 2.17. The maximum atomic E-state index is 12.5. The van der Waals surface area contributed by atoms with Gasteiger partial charge in [0.15, 0.2) is 0 Å². The van der Waals surface area contributed by atoms with Crippen LogP contribution in [0.4, 0.5) is 17.1 Å². The topological polar surface area (TPSA) is 130 Å². The van der Waals surface area contributed by atoms with Crippen LogP contribution in [0.2, 0.25) is 0 Å². The molecule has 0 aliphatic heterocycles. The van der Waals surface area contributed by atoms with Gasteiger partial charge in [0.05, 0.1) is 4.92 Å². The molecule has 0 aromatic heterocycles. The summed E-state index contributed by atoms with van der Waals surface area (Å²) in [6.45, 7) is 2.63. The lowest BCUT2D eigenvalue weighted by molar-refractivity contribution is -0.384. The van der Waals surface area contributed by atoms with Crippen LogP contribution in [0.25, 0.3) is 6.08 Å². The molecule has 0 radical (unpaired) electrons. The van der Waals surface area contributed by atoms with E-state index in [2.05, 4.69) is 16.0 Å². The van der Waals surface area contributed by atoms with Gasteiger partial charge in [0, 0.05) is 37.4 Å². The smallest absolute Gasteiger partial charge is 0.272 e. The van der Waals surface area contributed by atoms with Gasteiger partial charge in [-0.1, -0.05) is 12.1 Å². The molecule has 3 amide bonds. The largest absolute Gasteiger partial charge is 0.326 e. The number of carbonyl (C=O) groups excluding carboxylic acids is 3.